The van der Waals surface area contributed by atoms with E-state index in [-0.39, 0.29) is 11.8 Å². The molecule has 0 aliphatic carbocycles. The Kier molecular flexibility index (Phi) is 4.95. The molecule has 4 heteroatoms. The molecule has 3 aromatic carbocycles. The zero-order valence-electron chi connectivity index (χ0n) is 14.7. The molecule has 0 saturated heterocycles. The number of benzene rings is 3. The second-order valence-corrected chi connectivity index (χ2v) is 6.91. The second kappa shape index (κ2) is 7.68. The van der Waals surface area contributed by atoms with E-state index in [1.165, 1.54) is 10.9 Å². The van der Waals surface area contributed by atoms with Gasteiger partial charge in [-0.25, -0.2) is 0 Å². The first kappa shape index (κ1) is 17.4. The molecule has 1 amide bonds. The first-order chi connectivity index (χ1) is 13.2. The lowest BCUT2D eigenvalue weighted by Crippen LogP contribution is -2.28. The Balaban J connectivity index is 1.64. The highest BCUT2D eigenvalue weighted by Gasteiger charge is 2.19. The Bertz CT molecular complexity index is 1070. The Morgan fingerprint density at radius 1 is 0.963 bits per heavy atom. The SMILES string of the molecule is O=C(NCC(c1ccccc1)c1c[nH]c2ccccc12)c1cccc(Cl)c1. The molecule has 0 aliphatic rings. The Morgan fingerprint density at radius 3 is 2.56 bits per heavy atom. The minimum Gasteiger partial charge on any atom is -0.361 e. The van der Waals surface area contributed by atoms with Crippen molar-refractivity contribution in [1.82, 2.24) is 10.3 Å². The van der Waals surface area contributed by atoms with Gasteiger partial charge in [-0.05, 0) is 35.4 Å². The lowest BCUT2D eigenvalue weighted by molar-refractivity contribution is 0.0952. The van der Waals surface area contributed by atoms with Crippen LogP contribution in [0.1, 0.15) is 27.4 Å². The monoisotopic (exact) mass is 374 g/mol. The molecule has 0 bridgehead atoms. The van der Waals surface area contributed by atoms with E-state index in [9.17, 15) is 4.79 Å². The van der Waals surface area contributed by atoms with Crippen LogP contribution in [-0.2, 0) is 0 Å². The van der Waals surface area contributed by atoms with E-state index >= 15 is 0 Å². The van der Waals surface area contributed by atoms with Crippen molar-refractivity contribution in [2.24, 2.45) is 0 Å². The molecular formula is C23H19ClN2O. The Morgan fingerprint density at radius 2 is 1.74 bits per heavy atom. The fourth-order valence-corrected chi connectivity index (χ4v) is 3.59. The number of fused-ring (bicyclic) bond motifs is 1. The van der Waals surface area contributed by atoms with Gasteiger partial charge in [0.15, 0.2) is 0 Å². The third-order valence-corrected chi connectivity index (χ3v) is 4.99. The standard InChI is InChI=1S/C23H19ClN2O/c24-18-10-6-9-17(13-18)23(27)26-14-20(16-7-2-1-3-8-16)21-15-25-22-12-5-4-11-19(21)22/h1-13,15,20,25H,14H2,(H,26,27). The summed E-state index contributed by atoms with van der Waals surface area (Å²) in [5.74, 6) is -0.0799. The van der Waals surface area contributed by atoms with Gasteiger partial charge in [0, 0.05) is 40.1 Å². The fourth-order valence-electron chi connectivity index (χ4n) is 3.40. The second-order valence-electron chi connectivity index (χ2n) is 6.47. The minimum atomic E-state index is -0.127. The van der Waals surface area contributed by atoms with Gasteiger partial charge in [-0.15, -0.1) is 0 Å². The van der Waals surface area contributed by atoms with Crippen molar-refractivity contribution >= 4 is 28.4 Å². The van der Waals surface area contributed by atoms with Gasteiger partial charge in [-0.1, -0.05) is 66.2 Å². The molecule has 0 spiro atoms. The molecule has 0 radical (unpaired) electrons. The third kappa shape index (κ3) is 3.74. The van der Waals surface area contributed by atoms with Crippen LogP contribution >= 0.6 is 11.6 Å². The first-order valence-electron chi connectivity index (χ1n) is 8.87. The number of carbonyl (C=O) groups excluding carboxylic acids is 1. The van der Waals surface area contributed by atoms with Crippen molar-refractivity contribution in [2.75, 3.05) is 6.54 Å². The van der Waals surface area contributed by atoms with Gasteiger partial charge in [0.05, 0.1) is 0 Å². The van der Waals surface area contributed by atoms with Crippen LogP contribution < -0.4 is 5.32 Å². The van der Waals surface area contributed by atoms with Crippen molar-refractivity contribution in [3.8, 4) is 0 Å². The summed E-state index contributed by atoms with van der Waals surface area (Å²) in [6.07, 6.45) is 2.04. The van der Waals surface area contributed by atoms with Crippen LogP contribution in [0.5, 0.6) is 0 Å². The maximum absolute atomic E-state index is 12.6. The van der Waals surface area contributed by atoms with Crippen molar-refractivity contribution in [3.05, 3.63) is 107 Å². The van der Waals surface area contributed by atoms with Crippen LogP contribution in [0.4, 0.5) is 0 Å². The quantitative estimate of drug-likeness (QED) is 0.483. The third-order valence-electron chi connectivity index (χ3n) is 4.75. The molecule has 1 unspecified atom stereocenters. The van der Waals surface area contributed by atoms with Crippen molar-refractivity contribution < 1.29 is 4.79 Å². The van der Waals surface area contributed by atoms with Gasteiger partial charge in [0.1, 0.15) is 0 Å². The van der Waals surface area contributed by atoms with Crippen LogP contribution in [0.15, 0.2) is 85.1 Å². The number of carbonyl (C=O) groups is 1. The predicted octanol–water partition coefficient (Wildman–Crippen LogP) is 5.38. The summed E-state index contributed by atoms with van der Waals surface area (Å²) < 4.78 is 0. The molecule has 2 N–H and O–H groups in total. The minimum absolute atomic E-state index is 0.0467. The highest BCUT2D eigenvalue weighted by molar-refractivity contribution is 6.30. The summed E-state index contributed by atoms with van der Waals surface area (Å²) in [6, 6.07) is 25.4. The van der Waals surface area contributed by atoms with Gasteiger partial charge in [0.25, 0.3) is 5.91 Å². The molecule has 3 nitrogen and oxygen atoms in total. The Hall–Kier alpha value is -3.04. The van der Waals surface area contributed by atoms with Crippen LogP contribution in [-0.4, -0.2) is 17.4 Å². The normalized spacial score (nSPS) is 12.0. The van der Waals surface area contributed by atoms with E-state index in [0.717, 1.165) is 11.1 Å². The van der Waals surface area contributed by atoms with Crippen LogP contribution in [0.2, 0.25) is 5.02 Å². The Labute approximate surface area is 163 Å². The number of hydrogen-bond acceptors (Lipinski definition) is 1. The van der Waals surface area contributed by atoms with Crippen LogP contribution in [0.25, 0.3) is 10.9 Å². The fraction of sp³-hybridized carbons (Fsp3) is 0.0870. The average molecular weight is 375 g/mol. The molecule has 1 heterocycles. The summed E-state index contributed by atoms with van der Waals surface area (Å²) in [7, 11) is 0. The van der Waals surface area contributed by atoms with Crippen molar-refractivity contribution in [1.29, 1.82) is 0 Å². The van der Waals surface area contributed by atoms with E-state index in [1.54, 1.807) is 24.3 Å². The number of hydrogen-bond donors (Lipinski definition) is 2. The van der Waals surface area contributed by atoms with Gasteiger partial charge in [-0.2, -0.15) is 0 Å². The number of amides is 1. The highest BCUT2D eigenvalue weighted by atomic mass is 35.5. The molecule has 27 heavy (non-hydrogen) atoms. The number of rotatable bonds is 5. The van der Waals surface area contributed by atoms with Crippen molar-refractivity contribution in [2.45, 2.75) is 5.92 Å². The van der Waals surface area contributed by atoms with E-state index in [0.29, 0.717) is 17.1 Å². The van der Waals surface area contributed by atoms with Gasteiger partial charge >= 0.3 is 0 Å². The molecule has 134 valence electrons. The first-order valence-corrected chi connectivity index (χ1v) is 9.25. The zero-order chi connectivity index (χ0) is 18.6. The van der Waals surface area contributed by atoms with Gasteiger partial charge in [-0.3, -0.25) is 4.79 Å². The highest BCUT2D eigenvalue weighted by Crippen LogP contribution is 2.30. The van der Waals surface area contributed by atoms with E-state index in [4.69, 9.17) is 11.6 Å². The van der Waals surface area contributed by atoms with Crippen LogP contribution in [0.3, 0.4) is 0 Å². The summed E-state index contributed by atoms with van der Waals surface area (Å²) >= 11 is 6.01. The molecule has 4 rings (SSSR count). The number of nitrogens with one attached hydrogen (secondary N) is 2. The lowest BCUT2D eigenvalue weighted by Gasteiger charge is -2.18. The number of halogens is 1. The number of aromatic amines is 1. The lowest BCUT2D eigenvalue weighted by atomic mass is 9.91. The van der Waals surface area contributed by atoms with Gasteiger partial charge in [0.2, 0.25) is 0 Å². The molecular weight excluding hydrogens is 356 g/mol. The average Bonchev–Trinajstić information content (AvgIpc) is 3.13. The largest absolute Gasteiger partial charge is 0.361 e. The summed E-state index contributed by atoms with van der Waals surface area (Å²) in [5, 5.41) is 4.79. The van der Waals surface area contributed by atoms with Crippen molar-refractivity contribution in [3.63, 3.8) is 0 Å². The zero-order valence-corrected chi connectivity index (χ0v) is 15.4. The predicted molar refractivity (Wildman–Crippen MR) is 110 cm³/mol. The molecule has 0 saturated carbocycles. The smallest absolute Gasteiger partial charge is 0.251 e. The summed E-state index contributed by atoms with van der Waals surface area (Å²) in [5.41, 5.74) is 3.99. The topological polar surface area (TPSA) is 44.9 Å². The molecule has 1 atom stereocenters. The van der Waals surface area contributed by atoms with E-state index in [2.05, 4.69) is 34.6 Å². The molecule has 0 fully saturated rings. The molecule has 1 aromatic heterocycles. The maximum Gasteiger partial charge on any atom is 0.251 e. The van der Waals surface area contributed by atoms with Gasteiger partial charge < -0.3 is 10.3 Å². The number of para-hydroxylation sites is 1. The van der Waals surface area contributed by atoms with E-state index < -0.39 is 0 Å². The molecule has 4 aromatic rings. The number of aromatic nitrogens is 1. The maximum atomic E-state index is 12.6. The van der Waals surface area contributed by atoms with E-state index in [1.807, 2.05) is 36.5 Å². The number of H-pyrrole nitrogens is 1. The van der Waals surface area contributed by atoms with Crippen LogP contribution in [0, 0.1) is 0 Å². The summed E-state index contributed by atoms with van der Waals surface area (Å²) in [6.45, 7) is 0.497. The molecule has 0 aliphatic heterocycles. The summed E-state index contributed by atoms with van der Waals surface area (Å²) in [4.78, 5) is 15.9.